The Morgan fingerprint density at radius 1 is 1.33 bits per heavy atom. The van der Waals surface area contributed by atoms with E-state index in [1.54, 1.807) is 24.3 Å². The van der Waals surface area contributed by atoms with Gasteiger partial charge in [0.2, 0.25) is 0 Å². The Balaban J connectivity index is 2.18. The quantitative estimate of drug-likeness (QED) is 0.621. The molecule has 2 atom stereocenters. The average molecular weight is 246 g/mol. The first-order valence-electron chi connectivity index (χ1n) is 5.50. The fourth-order valence-corrected chi connectivity index (χ4v) is 2.76. The Morgan fingerprint density at radius 2 is 2.06 bits per heavy atom. The minimum Gasteiger partial charge on any atom is -0.481 e. The molecule has 0 saturated carbocycles. The predicted molar refractivity (Wildman–Crippen MR) is 59.8 cm³/mol. The van der Waals surface area contributed by atoms with E-state index in [2.05, 4.69) is 10.6 Å². The van der Waals surface area contributed by atoms with Gasteiger partial charge in [-0.1, -0.05) is 24.3 Å². The third-order valence-corrected chi connectivity index (χ3v) is 3.55. The molecule has 1 aromatic carbocycles. The lowest BCUT2D eigenvalue weighted by Gasteiger charge is -2.20. The van der Waals surface area contributed by atoms with E-state index in [1.165, 1.54) is 0 Å². The van der Waals surface area contributed by atoms with E-state index in [-0.39, 0.29) is 6.42 Å². The van der Waals surface area contributed by atoms with Gasteiger partial charge in [-0.3, -0.25) is 14.9 Å². The zero-order valence-electron chi connectivity index (χ0n) is 9.27. The molecule has 3 rings (SSSR count). The number of benzene rings is 1. The number of aliphatic carboxylic acids is 1. The SMILES string of the molecule is O=C1NC(=O)C2(CC(C(=O)O)c3ccccc32)N1. The predicted octanol–water partition coefficient (Wildman–Crippen LogP) is 0.293. The van der Waals surface area contributed by atoms with Crippen LogP contribution in [-0.4, -0.2) is 23.0 Å². The molecule has 1 fully saturated rings. The second-order valence-corrected chi connectivity index (χ2v) is 4.50. The zero-order chi connectivity index (χ0) is 12.9. The molecule has 0 aromatic heterocycles. The largest absolute Gasteiger partial charge is 0.481 e. The molecule has 92 valence electrons. The summed E-state index contributed by atoms with van der Waals surface area (Å²) in [7, 11) is 0. The van der Waals surface area contributed by atoms with Gasteiger partial charge in [-0.2, -0.15) is 0 Å². The number of amides is 3. The van der Waals surface area contributed by atoms with E-state index in [4.69, 9.17) is 0 Å². The Morgan fingerprint density at radius 3 is 2.67 bits per heavy atom. The normalized spacial score (nSPS) is 29.0. The fourth-order valence-electron chi connectivity index (χ4n) is 2.76. The van der Waals surface area contributed by atoms with Crippen molar-refractivity contribution in [1.82, 2.24) is 10.6 Å². The van der Waals surface area contributed by atoms with Gasteiger partial charge in [-0.05, 0) is 11.1 Å². The molecule has 6 heteroatoms. The fraction of sp³-hybridized carbons (Fsp3) is 0.250. The molecule has 1 spiro atoms. The zero-order valence-corrected chi connectivity index (χ0v) is 9.27. The van der Waals surface area contributed by atoms with Gasteiger partial charge in [0.25, 0.3) is 5.91 Å². The average Bonchev–Trinajstić information content (AvgIpc) is 2.80. The van der Waals surface area contributed by atoms with E-state index in [0.29, 0.717) is 11.1 Å². The molecule has 3 amide bonds. The monoisotopic (exact) mass is 246 g/mol. The third-order valence-electron chi connectivity index (χ3n) is 3.55. The van der Waals surface area contributed by atoms with Crippen LogP contribution in [0.4, 0.5) is 4.79 Å². The Labute approximate surface area is 102 Å². The molecule has 1 saturated heterocycles. The molecular weight excluding hydrogens is 236 g/mol. The van der Waals surface area contributed by atoms with E-state index in [0.717, 1.165) is 0 Å². The Bertz CT molecular complexity index is 583. The Hall–Kier alpha value is -2.37. The van der Waals surface area contributed by atoms with Crippen LogP contribution in [0.15, 0.2) is 24.3 Å². The summed E-state index contributed by atoms with van der Waals surface area (Å²) < 4.78 is 0. The van der Waals surface area contributed by atoms with Gasteiger partial charge >= 0.3 is 12.0 Å². The second kappa shape index (κ2) is 3.32. The standard InChI is InChI=1S/C12H10N2O4/c15-9(16)7-5-12(10(17)13-11(18)14-12)8-4-2-1-3-6(7)8/h1-4,7H,5H2,(H,15,16)(H2,13,14,17,18). The van der Waals surface area contributed by atoms with Crippen LogP contribution in [0, 0.1) is 0 Å². The lowest BCUT2D eigenvalue weighted by Crippen LogP contribution is -2.42. The number of carbonyl (C=O) groups excluding carboxylic acids is 2. The number of carboxylic acid groups (broad SMARTS) is 1. The molecule has 1 aliphatic heterocycles. The minimum absolute atomic E-state index is 0.0548. The third kappa shape index (κ3) is 1.20. The summed E-state index contributed by atoms with van der Waals surface area (Å²) in [5.41, 5.74) is -0.0698. The van der Waals surface area contributed by atoms with Crippen molar-refractivity contribution in [2.24, 2.45) is 0 Å². The van der Waals surface area contributed by atoms with Crippen molar-refractivity contribution in [2.75, 3.05) is 0 Å². The highest BCUT2D eigenvalue weighted by Crippen LogP contribution is 2.46. The number of carboxylic acids is 1. The molecule has 0 bridgehead atoms. The van der Waals surface area contributed by atoms with Crippen molar-refractivity contribution in [1.29, 1.82) is 0 Å². The van der Waals surface area contributed by atoms with Crippen LogP contribution in [0.25, 0.3) is 0 Å². The van der Waals surface area contributed by atoms with Crippen LogP contribution in [0.1, 0.15) is 23.5 Å². The molecule has 2 aliphatic rings. The van der Waals surface area contributed by atoms with Gasteiger partial charge in [0.1, 0.15) is 5.54 Å². The molecule has 1 aromatic rings. The molecule has 2 unspecified atom stereocenters. The summed E-state index contributed by atoms with van der Waals surface area (Å²) in [6, 6.07) is 6.23. The maximum Gasteiger partial charge on any atom is 0.322 e. The Kier molecular flexibility index (Phi) is 1.98. The van der Waals surface area contributed by atoms with Gasteiger partial charge in [-0.25, -0.2) is 4.79 Å². The van der Waals surface area contributed by atoms with Crippen molar-refractivity contribution in [3.05, 3.63) is 35.4 Å². The first-order chi connectivity index (χ1) is 8.54. The van der Waals surface area contributed by atoms with Crippen LogP contribution in [0.5, 0.6) is 0 Å². The summed E-state index contributed by atoms with van der Waals surface area (Å²) in [5, 5.41) is 13.9. The van der Waals surface area contributed by atoms with Crippen LogP contribution in [0.2, 0.25) is 0 Å². The lowest BCUT2D eigenvalue weighted by molar-refractivity contribution is -0.139. The number of hydrogen-bond acceptors (Lipinski definition) is 3. The molecule has 0 radical (unpaired) electrons. The highest BCUT2D eigenvalue weighted by molar-refractivity contribution is 6.08. The first-order valence-corrected chi connectivity index (χ1v) is 5.50. The number of hydrogen-bond donors (Lipinski definition) is 3. The van der Waals surface area contributed by atoms with Crippen molar-refractivity contribution >= 4 is 17.9 Å². The summed E-state index contributed by atoms with van der Waals surface area (Å²) >= 11 is 0. The van der Waals surface area contributed by atoms with Crippen molar-refractivity contribution in [3.63, 3.8) is 0 Å². The molecule has 18 heavy (non-hydrogen) atoms. The van der Waals surface area contributed by atoms with Crippen molar-refractivity contribution in [3.8, 4) is 0 Å². The van der Waals surface area contributed by atoms with E-state index < -0.39 is 29.4 Å². The lowest BCUT2D eigenvalue weighted by atomic mass is 9.91. The topological polar surface area (TPSA) is 95.5 Å². The van der Waals surface area contributed by atoms with Crippen molar-refractivity contribution in [2.45, 2.75) is 17.9 Å². The number of urea groups is 1. The maximum absolute atomic E-state index is 12.0. The number of carbonyl (C=O) groups is 3. The summed E-state index contributed by atoms with van der Waals surface area (Å²) in [6.07, 6.45) is 0.0548. The highest BCUT2D eigenvalue weighted by Gasteiger charge is 2.55. The first kappa shape index (κ1) is 10.8. The van der Waals surface area contributed by atoms with E-state index in [1.807, 2.05) is 0 Å². The summed E-state index contributed by atoms with van der Waals surface area (Å²) in [5.74, 6) is -2.25. The minimum atomic E-state index is -1.23. The highest BCUT2D eigenvalue weighted by atomic mass is 16.4. The van der Waals surface area contributed by atoms with Crippen LogP contribution in [0.3, 0.4) is 0 Å². The molecule has 6 nitrogen and oxygen atoms in total. The molecule has 1 heterocycles. The van der Waals surface area contributed by atoms with E-state index >= 15 is 0 Å². The molecule has 1 aliphatic carbocycles. The summed E-state index contributed by atoms with van der Waals surface area (Å²) in [4.78, 5) is 34.5. The van der Waals surface area contributed by atoms with Crippen LogP contribution >= 0.6 is 0 Å². The second-order valence-electron chi connectivity index (χ2n) is 4.50. The molecular formula is C12H10N2O4. The van der Waals surface area contributed by atoms with Gasteiger partial charge in [0.05, 0.1) is 5.92 Å². The van der Waals surface area contributed by atoms with Crippen LogP contribution in [-0.2, 0) is 15.1 Å². The van der Waals surface area contributed by atoms with Crippen LogP contribution < -0.4 is 10.6 Å². The van der Waals surface area contributed by atoms with Crippen molar-refractivity contribution < 1.29 is 19.5 Å². The number of rotatable bonds is 1. The van der Waals surface area contributed by atoms with Gasteiger partial charge in [-0.15, -0.1) is 0 Å². The molecule has 3 N–H and O–H groups in total. The smallest absolute Gasteiger partial charge is 0.322 e. The number of imide groups is 1. The van der Waals surface area contributed by atoms with Gasteiger partial charge in [0.15, 0.2) is 0 Å². The number of fused-ring (bicyclic) bond motifs is 2. The van der Waals surface area contributed by atoms with Gasteiger partial charge in [0, 0.05) is 6.42 Å². The van der Waals surface area contributed by atoms with Gasteiger partial charge < -0.3 is 10.4 Å². The summed E-state index contributed by atoms with van der Waals surface area (Å²) in [6.45, 7) is 0. The number of nitrogens with one attached hydrogen (secondary N) is 2. The maximum atomic E-state index is 12.0. The van der Waals surface area contributed by atoms with E-state index in [9.17, 15) is 19.5 Å².